The molecule has 5 heteroatoms. The Bertz CT molecular complexity index is 642. The average molecular weight is 325 g/mol. The van der Waals surface area contributed by atoms with Crippen molar-refractivity contribution in [2.75, 3.05) is 6.54 Å². The van der Waals surface area contributed by atoms with Gasteiger partial charge in [-0.2, -0.15) is 0 Å². The summed E-state index contributed by atoms with van der Waals surface area (Å²) in [6.45, 7) is 4.54. The number of aliphatic imine (C=N–C) groups is 1. The molecule has 1 aliphatic rings. The maximum Gasteiger partial charge on any atom is 0.191 e. The van der Waals surface area contributed by atoms with Gasteiger partial charge in [-0.05, 0) is 30.9 Å². The summed E-state index contributed by atoms with van der Waals surface area (Å²) in [5.74, 6) is 0.935. The summed E-state index contributed by atoms with van der Waals surface area (Å²) in [5.41, 5.74) is 2.51. The lowest BCUT2D eigenvalue weighted by molar-refractivity contribution is 0.614. The van der Waals surface area contributed by atoms with E-state index >= 15 is 0 Å². The number of nitrogens with one attached hydrogen (secondary N) is 2. The Balaban J connectivity index is 1.62. The molecule has 0 saturated heterocycles. The summed E-state index contributed by atoms with van der Waals surface area (Å²) in [4.78, 5) is 8.85. The van der Waals surface area contributed by atoms with E-state index < -0.39 is 0 Å². The maximum atomic E-state index is 4.76. The first-order valence-electron chi connectivity index (χ1n) is 8.92. The summed E-state index contributed by atoms with van der Waals surface area (Å²) < 4.78 is 2.08. The Morgan fingerprint density at radius 2 is 2.12 bits per heavy atom. The Morgan fingerprint density at radius 1 is 1.29 bits per heavy atom. The number of benzene rings is 1. The minimum atomic E-state index is 0.579. The molecule has 0 aliphatic heterocycles. The van der Waals surface area contributed by atoms with Crippen LogP contribution in [-0.2, 0) is 13.1 Å². The molecule has 0 unspecified atom stereocenters. The Labute approximate surface area is 144 Å². The van der Waals surface area contributed by atoms with Gasteiger partial charge in [0.25, 0.3) is 0 Å². The molecule has 2 N–H and O–H groups in total. The van der Waals surface area contributed by atoms with Crippen molar-refractivity contribution in [2.24, 2.45) is 4.99 Å². The first-order valence-corrected chi connectivity index (χ1v) is 8.92. The smallest absolute Gasteiger partial charge is 0.191 e. The lowest BCUT2D eigenvalue weighted by atomic mass is 10.1. The van der Waals surface area contributed by atoms with E-state index in [2.05, 4.69) is 51.4 Å². The van der Waals surface area contributed by atoms with Gasteiger partial charge in [0.15, 0.2) is 5.96 Å². The second-order valence-corrected chi connectivity index (χ2v) is 6.38. The van der Waals surface area contributed by atoms with Gasteiger partial charge in [0, 0.05) is 31.5 Å². The number of nitrogens with zero attached hydrogens (tertiary/aromatic N) is 3. The number of rotatable bonds is 6. The van der Waals surface area contributed by atoms with E-state index in [0.717, 1.165) is 19.0 Å². The summed E-state index contributed by atoms with van der Waals surface area (Å²) in [6, 6.07) is 9.20. The molecule has 2 aromatic rings. The van der Waals surface area contributed by atoms with Crippen molar-refractivity contribution in [2.45, 2.75) is 51.7 Å². The minimum Gasteiger partial charge on any atom is -0.357 e. The molecular formula is C19H27N5. The van der Waals surface area contributed by atoms with Crippen LogP contribution in [0, 0.1) is 0 Å². The third kappa shape index (κ3) is 4.85. The van der Waals surface area contributed by atoms with Crippen LogP contribution in [0.2, 0.25) is 0 Å². The number of hydrogen-bond donors (Lipinski definition) is 2. The highest BCUT2D eigenvalue weighted by Gasteiger charge is 2.15. The van der Waals surface area contributed by atoms with Gasteiger partial charge in [-0.1, -0.05) is 37.1 Å². The monoisotopic (exact) mass is 325 g/mol. The van der Waals surface area contributed by atoms with Crippen LogP contribution in [0.15, 0.2) is 48.0 Å². The SMILES string of the molecule is CCNC(=NCc1cccc(Cn2ccnc2)c1)NC1CCCC1. The highest BCUT2D eigenvalue weighted by Crippen LogP contribution is 2.17. The molecule has 0 atom stereocenters. The van der Waals surface area contributed by atoms with Crippen molar-refractivity contribution in [3.05, 3.63) is 54.1 Å². The standard InChI is InChI=1S/C19H27N5/c1-2-21-19(23-18-8-3-4-9-18)22-13-16-6-5-7-17(12-16)14-24-11-10-20-15-24/h5-7,10-12,15,18H,2-4,8-9,13-14H2,1H3,(H2,21,22,23). The van der Waals surface area contributed by atoms with Crippen LogP contribution in [0.1, 0.15) is 43.7 Å². The predicted octanol–water partition coefficient (Wildman–Crippen LogP) is 2.93. The van der Waals surface area contributed by atoms with Gasteiger partial charge in [-0.25, -0.2) is 9.98 Å². The molecule has 1 fully saturated rings. The molecular weight excluding hydrogens is 298 g/mol. The van der Waals surface area contributed by atoms with Crippen molar-refractivity contribution < 1.29 is 0 Å². The minimum absolute atomic E-state index is 0.579. The zero-order chi connectivity index (χ0) is 16.6. The van der Waals surface area contributed by atoms with Crippen molar-refractivity contribution in [3.8, 4) is 0 Å². The molecule has 0 spiro atoms. The van der Waals surface area contributed by atoms with E-state index in [1.807, 2.05) is 18.7 Å². The van der Waals surface area contributed by atoms with E-state index in [9.17, 15) is 0 Å². The van der Waals surface area contributed by atoms with Crippen molar-refractivity contribution in [1.29, 1.82) is 0 Å². The van der Waals surface area contributed by atoms with Gasteiger partial charge in [0.05, 0.1) is 12.9 Å². The zero-order valence-corrected chi connectivity index (χ0v) is 14.4. The molecule has 1 aromatic carbocycles. The molecule has 3 rings (SSSR count). The number of hydrogen-bond acceptors (Lipinski definition) is 2. The topological polar surface area (TPSA) is 54.2 Å². The fourth-order valence-corrected chi connectivity index (χ4v) is 3.17. The van der Waals surface area contributed by atoms with Crippen LogP contribution in [0.5, 0.6) is 0 Å². The molecule has 5 nitrogen and oxygen atoms in total. The van der Waals surface area contributed by atoms with Crippen LogP contribution < -0.4 is 10.6 Å². The number of aromatic nitrogens is 2. The van der Waals surface area contributed by atoms with E-state index in [1.165, 1.54) is 36.8 Å². The van der Waals surface area contributed by atoms with Crippen LogP contribution in [0.4, 0.5) is 0 Å². The highest BCUT2D eigenvalue weighted by molar-refractivity contribution is 5.80. The van der Waals surface area contributed by atoms with Gasteiger partial charge in [0.1, 0.15) is 0 Å². The van der Waals surface area contributed by atoms with E-state index in [1.54, 1.807) is 0 Å². The van der Waals surface area contributed by atoms with E-state index in [4.69, 9.17) is 4.99 Å². The van der Waals surface area contributed by atoms with E-state index in [0.29, 0.717) is 12.6 Å². The second-order valence-electron chi connectivity index (χ2n) is 6.38. The third-order valence-corrected chi connectivity index (χ3v) is 4.38. The van der Waals surface area contributed by atoms with Crippen LogP contribution in [0.3, 0.4) is 0 Å². The molecule has 1 aliphatic carbocycles. The molecule has 128 valence electrons. The third-order valence-electron chi connectivity index (χ3n) is 4.38. The molecule has 0 radical (unpaired) electrons. The summed E-state index contributed by atoms with van der Waals surface area (Å²) in [7, 11) is 0. The van der Waals surface area contributed by atoms with Crippen molar-refractivity contribution in [1.82, 2.24) is 20.2 Å². The second kappa shape index (κ2) is 8.52. The normalized spacial score (nSPS) is 15.6. The van der Waals surface area contributed by atoms with Gasteiger partial charge < -0.3 is 15.2 Å². The Morgan fingerprint density at radius 3 is 2.88 bits per heavy atom. The van der Waals surface area contributed by atoms with Crippen LogP contribution in [-0.4, -0.2) is 28.1 Å². The predicted molar refractivity (Wildman–Crippen MR) is 98.0 cm³/mol. The molecule has 24 heavy (non-hydrogen) atoms. The van der Waals surface area contributed by atoms with Gasteiger partial charge in [0.2, 0.25) is 0 Å². The Hall–Kier alpha value is -2.30. The van der Waals surface area contributed by atoms with Gasteiger partial charge >= 0.3 is 0 Å². The lowest BCUT2D eigenvalue weighted by Crippen LogP contribution is -2.42. The molecule has 0 amide bonds. The Kier molecular flexibility index (Phi) is 5.88. The first kappa shape index (κ1) is 16.6. The zero-order valence-electron chi connectivity index (χ0n) is 14.4. The fourth-order valence-electron chi connectivity index (χ4n) is 3.17. The first-order chi connectivity index (χ1) is 11.8. The van der Waals surface area contributed by atoms with E-state index in [-0.39, 0.29) is 0 Å². The van der Waals surface area contributed by atoms with Crippen molar-refractivity contribution >= 4 is 5.96 Å². The lowest BCUT2D eigenvalue weighted by Gasteiger charge is -2.16. The largest absolute Gasteiger partial charge is 0.357 e. The molecule has 1 saturated carbocycles. The summed E-state index contributed by atoms with van der Waals surface area (Å²) in [5, 5.41) is 6.92. The fraction of sp³-hybridized carbons (Fsp3) is 0.474. The highest BCUT2D eigenvalue weighted by atomic mass is 15.2. The quantitative estimate of drug-likeness (QED) is 0.634. The molecule has 1 aromatic heterocycles. The summed E-state index contributed by atoms with van der Waals surface area (Å²) in [6.07, 6.45) is 10.8. The van der Waals surface area contributed by atoms with Crippen LogP contribution >= 0.6 is 0 Å². The average Bonchev–Trinajstić information content (AvgIpc) is 3.27. The van der Waals surface area contributed by atoms with Gasteiger partial charge in [-0.15, -0.1) is 0 Å². The number of guanidine groups is 1. The maximum absolute atomic E-state index is 4.76. The molecule has 1 heterocycles. The van der Waals surface area contributed by atoms with Crippen molar-refractivity contribution in [3.63, 3.8) is 0 Å². The molecule has 0 bridgehead atoms. The summed E-state index contributed by atoms with van der Waals surface area (Å²) >= 11 is 0. The van der Waals surface area contributed by atoms with Gasteiger partial charge in [-0.3, -0.25) is 0 Å². The van der Waals surface area contributed by atoms with Crippen LogP contribution in [0.25, 0.3) is 0 Å². The number of imidazole rings is 1.